The van der Waals surface area contributed by atoms with Crippen LogP contribution >= 0.6 is 0 Å². The number of aromatic nitrogens is 1. The van der Waals surface area contributed by atoms with Crippen molar-refractivity contribution in [2.24, 2.45) is 0 Å². The van der Waals surface area contributed by atoms with E-state index in [1.807, 2.05) is 0 Å². The van der Waals surface area contributed by atoms with Crippen LogP contribution < -0.4 is 5.32 Å². The molecule has 2 unspecified atom stereocenters. The second kappa shape index (κ2) is 7.42. The van der Waals surface area contributed by atoms with Gasteiger partial charge >= 0.3 is 0 Å². The largest absolute Gasteiger partial charge is 0.339 e. The van der Waals surface area contributed by atoms with Crippen LogP contribution in [0.2, 0.25) is 0 Å². The molecule has 1 fully saturated rings. The molecule has 1 N–H and O–H groups in total. The SMILES string of the molecule is CC(Cn1c2ccccc2c2ccccc21)NCC(=O)N1CCCC1C#N. The molecule has 2 aromatic carbocycles. The molecule has 27 heavy (non-hydrogen) atoms. The lowest BCUT2D eigenvalue weighted by Crippen LogP contribution is -2.43. The Kier molecular flexibility index (Phi) is 4.83. The molecule has 2 heterocycles. The molecule has 4 rings (SSSR count). The molecule has 0 spiro atoms. The highest BCUT2D eigenvalue weighted by Crippen LogP contribution is 2.28. The summed E-state index contributed by atoms with van der Waals surface area (Å²) in [7, 11) is 0. The van der Waals surface area contributed by atoms with E-state index in [1.54, 1.807) is 4.90 Å². The van der Waals surface area contributed by atoms with Crippen LogP contribution in [0.25, 0.3) is 21.8 Å². The lowest BCUT2D eigenvalue weighted by Gasteiger charge is -2.22. The van der Waals surface area contributed by atoms with Gasteiger partial charge in [0.05, 0.1) is 12.6 Å². The fraction of sp³-hybridized carbons (Fsp3) is 0.364. The van der Waals surface area contributed by atoms with Crippen molar-refractivity contribution in [1.29, 1.82) is 5.26 Å². The Bertz CT molecular complexity index is 963. The highest BCUT2D eigenvalue weighted by atomic mass is 16.2. The molecule has 5 nitrogen and oxygen atoms in total. The van der Waals surface area contributed by atoms with Gasteiger partial charge in [0.15, 0.2) is 0 Å². The Balaban J connectivity index is 1.49. The summed E-state index contributed by atoms with van der Waals surface area (Å²) in [6.45, 7) is 3.85. The van der Waals surface area contributed by atoms with Gasteiger partial charge in [-0.3, -0.25) is 4.79 Å². The van der Waals surface area contributed by atoms with E-state index >= 15 is 0 Å². The summed E-state index contributed by atoms with van der Waals surface area (Å²) in [5, 5.41) is 15.0. The van der Waals surface area contributed by atoms with Crippen molar-refractivity contribution in [2.75, 3.05) is 13.1 Å². The standard InChI is InChI=1S/C22H24N4O/c1-16(24-14-22(27)25-12-6-7-17(25)13-23)15-26-20-10-4-2-8-18(20)19-9-3-5-11-21(19)26/h2-5,8-11,16-17,24H,6-7,12,14-15H2,1H3. The van der Waals surface area contributed by atoms with E-state index in [9.17, 15) is 4.79 Å². The Hall–Kier alpha value is -2.84. The lowest BCUT2D eigenvalue weighted by atomic mass is 10.2. The Labute approximate surface area is 159 Å². The molecule has 1 amide bonds. The molecular formula is C22H24N4O. The van der Waals surface area contributed by atoms with Crippen LogP contribution in [0.3, 0.4) is 0 Å². The molecule has 0 bridgehead atoms. The minimum atomic E-state index is -0.257. The van der Waals surface area contributed by atoms with Crippen LogP contribution in [0, 0.1) is 11.3 Å². The third kappa shape index (κ3) is 3.29. The molecular weight excluding hydrogens is 336 g/mol. The summed E-state index contributed by atoms with van der Waals surface area (Å²) >= 11 is 0. The van der Waals surface area contributed by atoms with Crippen LogP contribution in [0.4, 0.5) is 0 Å². The topological polar surface area (TPSA) is 61.1 Å². The number of fused-ring (bicyclic) bond motifs is 3. The number of amides is 1. The van der Waals surface area contributed by atoms with Gasteiger partial charge in [0.2, 0.25) is 5.91 Å². The van der Waals surface area contributed by atoms with Crippen LogP contribution in [0.1, 0.15) is 19.8 Å². The van der Waals surface area contributed by atoms with Gasteiger partial charge < -0.3 is 14.8 Å². The van der Waals surface area contributed by atoms with Crippen molar-refractivity contribution in [3.63, 3.8) is 0 Å². The quantitative estimate of drug-likeness (QED) is 0.759. The molecule has 138 valence electrons. The van der Waals surface area contributed by atoms with Gasteiger partial charge in [-0.05, 0) is 31.9 Å². The highest BCUT2D eigenvalue weighted by Gasteiger charge is 2.28. The smallest absolute Gasteiger partial charge is 0.237 e. The Morgan fingerprint density at radius 1 is 1.19 bits per heavy atom. The number of rotatable bonds is 5. The summed E-state index contributed by atoms with van der Waals surface area (Å²) in [6, 6.07) is 19.0. The van der Waals surface area contributed by atoms with Gasteiger partial charge in [-0.2, -0.15) is 5.26 Å². The van der Waals surface area contributed by atoms with E-state index in [0.717, 1.165) is 19.4 Å². The molecule has 1 aliphatic heterocycles. The number of likely N-dealkylation sites (tertiary alicyclic amines) is 1. The number of carbonyl (C=O) groups is 1. The third-order valence-electron chi connectivity index (χ3n) is 5.46. The molecule has 0 aliphatic carbocycles. The zero-order chi connectivity index (χ0) is 18.8. The summed E-state index contributed by atoms with van der Waals surface area (Å²) in [5.41, 5.74) is 2.42. The minimum absolute atomic E-state index is 0.0214. The maximum atomic E-state index is 12.5. The maximum absolute atomic E-state index is 12.5. The zero-order valence-corrected chi connectivity index (χ0v) is 15.6. The fourth-order valence-corrected chi connectivity index (χ4v) is 4.10. The second-order valence-corrected chi connectivity index (χ2v) is 7.30. The summed E-state index contributed by atoms with van der Waals surface area (Å²) < 4.78 is 2.32. The van der Waals surface area contributed by atoms with Crippen molar-refractivity contribution in [1.82, 2.24) is 14.8 Å². The van der Waals surface area contributed by atoms with E-state index < -0.39 is 0 Å². The van der Waals surface area contributed by atoms with Crippen molar-refractivity contribution in [3.8, 4) is 6.07 Å². The van der Waals surface area contributed by atoms with Crippen LogP contribution in [-0.4, -0.2) is 40.5 Å². The average molecular weight is 360 g/mol. The number of hydrogen-bond donors (Lipinski definition) is 1. The number of nitriles is 1. The number of nitrogens with zero attached hydrogens (tertiary/aromatic N) is 3. The summed E-state index contributed by atoms with van der Waals surface area (Å²) in [4.78, 5) is 14.2. The molecule has 1 aromatic heterocycles. The number of benzene rings is 2. The van der Waals surface area contributed by atoms with Crippen LogP contribution in [0.15, 0.2) is 48.5 Å². The number of para-hydroxylation sites is 2. The Morgan fingerprint density at radius 2 is 1.81 bits per heavy atom. The summed E-state index contributed by atoms with van der Waals surface area (Å²) in [6.07, 6.45) is 1.71. The van der Waals surface area contributed by atoms with E-state index in [1.165, 1.54) is 21.8 Å². The van der Waals surface area contributed by atoms with Gasteiger partial charge in [-0.25, -0.2) is 0 Å². The molecule has 1 aliphatic rings. The zero-order valence-electron chi connectivity index (χ0n) is 15.6. The number of nitrogens with one attached hydrogen (secondary N) is 1. The fourth-order valence-electron chi connectivity index (χ4n) is 4.10. The normalized spacial score (nSPS) is 18.1. The number of hydrogen-bond acceptors (Lipinski definition) is 3. The predicted molar refractivity (Wildman–Crippen MR) is 107 cm³/mol. The maximum Gasteiger partial charge on any atom is 0.237 e. The first kappa shape index (κ1) is 17.6. The molecule has 2 atom stereocenters. The van der Waals surface area contributed by atoms with E-state index in [2.05, 4.69) is 71.4 Å². The van der Waals surface area contributed by atoms with Crippen molar-refractivity contribution in [2.45, 2.75) is 38.4 Å². The monoisotopic (exact) mass is 360 g/mol. The van der Waals surface area contributed by atoms with Gasteiger partial charge in [0, 0.05) is 40.9 Å². The predicted octanol–water partition coefficient (Wildman–Crippen LogP) is 3.29. The minimum Gasteiger partial charge on any atom is -0.339 e. The lowest BCUT2D eigenvalue weighted by molar-refractivity contribution is -0.130. The van der Waals surface area contributed by atoms with Gasteiger partial charge in [0.25, 0.3) is 0 Å². The molecule has 3 aromatic rings. The first-order valence-electron chi connectivity index (χ1n) is 9.57. The molecule has 1 saturated heterocycles. The molecule has 0 saturated carbocycles. The second-order valence-electron chi connectivity index (χ2n) is 7.30. The van der Waals surface area contributed by atoms with E-state index in [-0.39, 0.29) is 24.5 Å². The van der Waals surface area contributed by atoms with Crippen LogP contribution in [0.5, 0.6) is 0 Å². The summed E-state index contributed by atoms with van der Waals surface area (Å²) in [5.74, 6) is 0.0214. The van der Waals surface area contributed by atoms with Gasteiger partial charge in [0.1, 0.15) is 6.04 Å². The third-order valence-corrected chi connectivity index (χ3v) is 5.46. The highest BCUT2D eigenvalue weighted by molar-refractivity contribution is 6.07. The van der Waals surface area contributed by atoms with Crippen molar-refractivity contribution in [3.05, 3.63) is 48.5 Å². The van der Waals surface area contributed by atoms with E-state index in [0.29, 0.717) is 6.54 Å². The van der Waals surface area contributed by atoms with Crippen LogP contribution in [-0.2, 0) is 11.3 Å². The first-order valence-corrected chi connectivity index (χ1v) is 9.57. The Morgan fingerprint density at radius 3 is 2.44 bits per heavy atom. The van der Waals surface area contributed by atoms with Gasteiger partial charge in [-0.1, -0.05) is 36.4 Å². The molecule has 5 heteroatoms. The number of carbonyl (C=O) groups excluding carboxylic acids is 1. The van der Waals surface area contributed by atoms with Crippen molar-refractivity contribution < 1.29 is 4.79 Å². The first-order chi connectivity index (χ1) is 13.2. The van der Waals surface area contributed by atoms with Crippen molar-refractivity contribution >= 4 is 27.7 Å². The molecule has 0 radical (unpaired) electrons. The van der Waals surface area contributed by atoms with Gasteiger partial charge in [-0.15, -0.1) is 0 Å². The average Bonchev–Trinajstić information content (AvgIpc) is 3.30. The van der Waals surface area contributed by atoms with E-state index in [4.69, 9.17) is 5.26 Å².